The third kappa shape index (κ3) is 2.24. The van der Waals surface area contributed by atoms with Crippen LogP contribution >= 0.6 is 0 Å². The Hall–Kier alpha value is -2.83. The molecule has 1 amide bonds. The number of hydrogen-bond acceptors (Lipinski definition) is 3. The summed E-state index contributed by atoms with van der Waals surface area (Å²) in [6, 6.07) is 7.41. The summed E-state index contributed by atoms with van der Waals surface area (Å²) in [6.07, 6.45) is 1.33. The van der Waals surface area contributed by atoms with Crippen LogP contribution < -0.4 is 4.90 Å². The molecule has 122 valence electrons. The summed E-state index contributed by atoms with van der Waals surface area (Å²) in [5.74, 6) is -2.09. The number of benzene rings is 2. The SMILES string of the molecule is Cn1nnc2cc(C(=O)N3CCCc4cc(F)c(F)cc43)ccc21. The van der Waals surface area contributed by atoms with Crippen LogP contribution in [-0.4, -0.2) is 27.4 Å². The standard InChI is InChI=1S/C17H14F2N4O/c1-22-15-5-4-11(8-14(15)20-21-22)17(24)23-6-2-3-10-7-12(18)13(19)9-16(10)23/h4-5,7-9H,2-3,6H2,1H3. The van der Waals surface area contributed by atoms with Gasteiger partial charge >= 0.3 is 0 Å². The first kappa shape index (κ1) is 14.7. The third-order valence-corrected chi connectivity index (χ3v) is 4.34. The van der Waals surface area contributed by atoms with Crippen LogP contribution in [0, 0.1) is 11.6 Å². The number of carbonyl (C=O) groups is 1. The van der Waals surface area contributed by atoms with E-state index in [0.717, 1.165) is 11.6 Å². The summed E-state index contributed by atoms with van der Waals surface area (Å²) >= 11 is 0. The van der Waals surface area contributed by atoms with E-state index in [1.807, 2.05) is 0 Å². The van der Waals surface area contributed by atoms with Crippen LogP contribution in [0.5, 0.6) is 0 Å². The van der Waals surface area contributed by atoms with Crippen LogP contribution in [0.25, 0.3) is 11.0 Å². The number of carbonyl (C=O) groups excluding carboxylic acids is 1. The van der Waals surface area contributed by atoms with E-state index in [1.165, 1.54) is 11.0 Å². The average Bonchev–Trinajstić information content (AvgIpc) is 2.95. The normalized spacial score (nSPS) is 14.0. The molecular weight excluding hydrogens is 314 g/mol. The quantitative estimate of drug-likeness (QED) is 0.690. The minimum atomic E-state index is -0.946. The molecule has 4 rings (SSSR count). The highest BCUT2D eigenvalue weighted by Gasteiger charge is 2.25. The van der Waals surface area contributed by atoms with Gasteiger partial charge in [-0.15, -0.1) is 5.10 Å². The molecule has 2 aromatic carbocycles. The average molecular weight is 328 g/mol. The van der Waals surface area contributed by atoms with Gasteiger partial charge in [0, 0.05) is 25.2 Å². The number of rotatable bonds is 1. The van der Waals surface area contributed by atoms with Crippen molar-refractivity contribution in [2.45, 2.75) is 12.8 Å². The molecule has 0 bridgehead atoms. The van der Waals surface area contributed by atoms with E-state index in [2.05, 4.69) is 10.3 Å². The van der Waals surface area contributed by atoms with Crippen molar-refractivity contribution >= 4 is 22.6 Å². The van der Waals surface area contributed by atoms with Crippen molar-refractivity contribution in [3.8, 4) is 0 Å². The Morgan fingerprint density at radius 2 is 1.96 bits per heavy atom. The summed E-state index contributed by atoms with van der Waals surface area (Å²) in [4.78, 5) is 14.4. The first-order valence-electron chi connectivity index (χ1n) is 7.64. The monoisotopic (exact) mass is 328 g/mol. The Morgan fingerprint density at radius 1 is 1.17 bits per heavy atom. The lowest BCUT2D eigenvalue weighted by molar-refractivity contribution is 0.0985. The Bertz CT molecular complexity index is 967. The van der Waals surface area contributed by atoms with Crippen molar-refractivity contribution in [2.24, 2.45) is 7.05 Å². The van der Waals surface area contributed by atoms with E-state index < -0.39 is 11.6 Å². The van der Waals surface area contributed by atoms with Gasteiger partial charge in [-0.1, -0.05) is 5.21 Å². The summed E-state index contributed by atoms with van der Waals surface area (Å²) in [5, 5.41) is 7.93. The van der Waals surface area contributed by atoms with E-state index in [1.54, 1.807) is 29.9 Å². The lowest BCUT2D eigenvalue weighted by atomic mass is 10.00. The van der Waals surface area contributed by atoms with E-state index >= 15 is 0 Å². The van der Waals surface area contributed by atoms with Gasteiger partial charge in [-0.2, -0.15) is 0 Å². The molecule has 0 spiro atoms. The smallest absolute Gasteiger partial charge is 0.258 e. The number of fused-ring (bicyclic) bond motifs is 2. The van der Waals surface area contributed by atoms with Gasteiger partial charge < -0.3 is 4.90 Å². The van der Waals surface area contributed by atoms with Crippen LogP contribution in [0.4, 0.5) is 14.5 Å². The van der Waals surface area contributed by atoms with E-state index in [0.29, 0.717) is 41.7 Å². The Balaban J connectivity index is 1.76. The van der Waals surface area contributed by atoms with Crippen LogP contribution in [0.2, 0.25) is 0 Å². The number of nitrogens with zero attached hydrogens (tertiary/aromatic N) is 4. The van der Waals surface area contributed by atoms with Crippen molar-refractivity contribution in [1.82, 2.24) is 15.0 Å². The highest BCUT2D eigenvalue weighted by molar-refractivity contribution is 6.08. The minimum Gasteiger partial charge on any atom is -0.308 e. The molecular formula is C17H14F2N4O. The Labute approximate surface area is 136 Å². The Kier molecular flexibility index (Phi) is 3.30. The zero-order valence-corrected chi connectivity index (χ0v) is 13.0. The molecule has 3 aromatic rings. The largest absolute Gasteiger partial charge is 0.308 e. The zero-order chi connectivity index (χ0) is 16.8. The Morgan fingerprint density at radius 3 is 2.79 bits per heavy atom. The number of hydrogen-bond donors (Lipinski definition) is 0. The molecule has 0 saturated heterocycles. The molecule has 1 aliphatic heterocycles. The number of aryl methyl sites for hydroxylation is 2. The molecule has 0 unspecified atom stereocenters. The number of anilines is 1. The summed E-state index contributed by atoms with van der Waals surface area (Å²) in [6.45, 7) is 0.468. The molecule has 0 fully saturated rings. The first-order valence-corrected chi connectivity index (χ1v) is 7.64. The first-order chi connectivity index (χ1) is 11.5. The second kappa shape index (κ2) is 5.36. The molecule has 2 heterocycles. The second-order valence-electron chi connectivity index (χ2n) is 5.87. The fourth-order valence-electron chi connectivity index (χ4n) is 3.12. The van der Waals surface area contributed by atoms with Gasteiger partial charge in [-0.25, -0.2) is 13.5 Å². The molecule has 1 aliphatic rings. The van der Waals surface area contributed by atoms with E-state index in [9.17, 15) is 13.6 Å². The number of halogens is 2. The fraction of sp³-hybridized carbons (Fsp3) is 0.235. The maximum Gasteiger partial charge on any atom is 0.258 e. The van der Waals surface area contributed by atoms with Gasteiger partial charge in [0.2, 0.25) is 0 Å². The van der Waals surface area contributed by atoms with Crippen molar-refractivity contribution in [2.75, 3.05) is 11.4 Å². The van der Waals surface area contributed by atoms with Crippen LogP contribution in [0.15, 0.2) is 30.3 Å². The topological polar surface area (TPSA) is 51.0 Å². The molecule has 0 aliphatic carbocycles. The summed E-state index contributed by atoms with van der Waals surface area (Å²) < 4.78 is 28.7. The predicted octanol–water partition coefficient (Wildman–Crippen LogP) is 2.84. The molecule has 1 aromatic heterocycles. The van der Waals surface area contributed by atoms with Gasteiger partial charge in [-0.3, -0.25) is 4.79 Å². The summed E-state index contributed by atoms with van der Waals surface area (Å²) in [7, 11) is 1.77. The summed E-state index contributed by atoms with van der Waals surface area (Å²) in [5.41, 5.74) is 2.96. The van der Waals surface area contributed by atoms with Crippen molar-refractivity contribution < 1.29 is 13.6 Å². The maximum atomic E-state index is 13.6. The molecule has 0 saturated carbocycles. The predicted molar refractivity (Wildman–Crippen MR) is 84.9 cm³/mol. The zero-order valence-electron chi connectivity index (χ0n) is 13.0. The molecule has 5 nitrogen and oxygen atoms in total. The molecule has 0 N–H and O–H groups in total. The lowest BCUT2D eigenvalue weighted by Crippen LogP contribution is -2.35. The maximum absolute atomic E-state index is 13.6. The highest BCUT2D eigenvalue weighted by Crippen LogP contribution is 2.30. The van der Waals surface area contributed by atoms with E-state index in [4.69, 9.17) is 0 Å². The highest BCUT2D eigenvalue weighted by atomic mass is 19.2. The van der Waals surface area contributed by atoms with Crippen LogP contribution in [-0.2, 0) is 13.5 Å². The van der Waals surface area contributed by atoms with Crippen molar-refractivity contribution in [1.29, 1.82) is 0 Å². The van der Waals surface area contributed by atoms with Gasteiger partial charge in [-0.05, 0) is 42.7 Å². The molecule has 0 radical (unpaired) electrons. The lowest BCUT2D eigenvalue weighted by Gasteiger charge is -2.29. The van der Waals surface area contributed by atoms with Crippen molar-refractivity contribution in [3.05, 3.63) is 53.1 Å². The third-order valence-electron chi connectivity index (χ3n) is 4.34. The second-order valence-corrected chi connectivity index (χ2v) is 5.87. The molecule has 24 heavy (non-hydrogen) atoms. The van der Waals surface area contributed by atoms with Gasteiger partial charge in [0.15, 0.2) is 11.6 Å². The van der Waals surface area contributed by atoms with E-state index in [-0.39, 0.29) is 5.91 Å². The van der Waals surface area contributed by atoms with Crippen molar-refractivity contribution in [3.63, 3.8) is 0 Å². The number of amides is 1. The fourth-order valence-corrected chi connectivity index (χ4v) is 3.12. The van der Waals surface area contributed by atoms with Gasteiger partial charge in [0.25, 0.3) is 5.91 Å². The molecule has 7 heteroatoms. The number of aromatic nitrogens is 3. The molecule has 0 atom stereocenters. The van der Waals surface area contributed by atoms with Crippen LogP contribution in [0.1, 0.15) is 22.3 Å². The van der Waals surface area contributed by atoms with Crippen LogP contribution in [0.3, 0.4) is 0 Å². The minimum absolute atomic E-state index is 0.255. The van der Waals surface area contributed by atoms with Gasteiger partial charge in [0.1, 0.15) is 5.52 Å². The van der Waals surface area contributed by atoms with Gasteiger partial charge in [0.05, 0.1) is 11.2 Å².